The highest BCUT2D eigenvalue weighted by atomic mass is 16.6. The Labute approximate surface area is 208 Å². The lowest BCUT2D eigenvalue weighted by molar-refractivity contribution is -0.136. The van der Waals surface area contributed by atoms with Crippen LogP contribution in [0.5, 0.6) is 11.5 Å². The molecule has 0 fully saturated rings. The molecule has 0 spiro atoms. The predicted molar refractivity (Wildman–Crippen MR) is 136 cm³/mol. The molecule has 0 unspecified atom stereocenters. The minimum atomic E-state index is -1.94. The number of hydrogen-bond acceptors (Lipinski definition) is 6. The Hall–Kier alpha value is -4.75. The van der Waals surface area contributed by atoms with Crippen molar-refractivity contribution in [3.63, 3.8) is 0 Å². The maximum absolute atomic E-state index is 13.1. The van der Waals surface area contributed by atoms with E-state index in [-0.39, 0.29) is 5.75 Å². The van der Waals surface area contributed by atoms with Gasteiger partial charge >= 0.3 is 5.97 Å². The van der Waals surface area contributed by atoms with Crippen LogP contribution in [-0.4, -0.2) is 30.3 Å². The monoisotopic (exact) mass is 480 g/mol. The molecule has 180 valence electrons. The Bertz CT molecular complexity index is 1320. The molecule has 0 aliphatic carbocycles. The van der Waals surface area contributed by atoms with Gasteiger partial charge in [-0.3, -0.25) is 4.79 Å². The molecule has 1 amide bonds. The van der Waals surface area contributed by atoms with E-state index >= 15 is 0 Å². The number of rotatable bonds is 8. The van der Waals surface area contributed by atoms with Gasteiger partial charge in [0.15, 0.2) is 17.1 Å². The maximum Gasteiger partial charge on any atom is 0.343 e. The van der Waals surface area contributed by atoms with E-state index in [1.54, 1.807) is 103 Å². The van der Waals surface area contributed by atoms with Crippen LogP contribution in [0.4, 0.5) is 0 Å². The summed E-state index contributed by atoms with van der Waals surface area (Å²) < 4.78 is 10.8. The van der Waals surface area contributed by atoms with E-state index in [1.807, 2.05) is 6.07 Å². The molecular weight excluding hydrogens is 456 g/mol. The zero-order valence-corrected chi connectivity index (χ0v) is 19.5. The SMILES string of the molecule is COc1cc(/C=N\NC(=O)C(O)(c2ccccc2)c2ccccc2)ccc1OC(=O)c1ccccc1. The number of aliphatic hydroxyl groups is 1. The number of methoxy groups -OCH3 is 1. The van der Waals surface area contributed by atoms with Gasteiger partial charge in [0, 0.05) is 0 Å². The van der Waals surface area contributed by atoms with Crippen LogP contribution in [0.3, 0.4) is 0 Å². The zero-order valence-electron chi connectivity index (χ0n) is 19.5. The quantitative estimate of drug-likeness (QED) is 0.170. The minimum absolute atomic E-state index is 0.245. The summed E-state index contributed by atoms with van der Waals surface area (Å²) in [4.78, 5) is 25.5. The number of ether oxygens (including phenoxy) is 2. The molecular formula is C29H24N2O5. The summed E-state index contributed by atoms with van der Waals surface area (Å²) in [7, 11) is 1.46. The molecule has 4 aromatic rings. The smallest absolute Gasteiger partial charge is 0.343 e. The van der Waals surface area contributed by atoms with E-state index in [0.29, 0.717) is 28.0 Å². The van der Waals surface area contributed by atoms with Crippen molar-refractivity contribution in [1.29, 1.82) is 0 Å². The number of hydrogen-bond donors (Lipinski definition) is 2. The molecule has 2 N–H and O–H groups in total. The Kier molecular flexibility index (Phi) is 7.53. The molecule has 0 aromatic heterocycles. The molecule has 0 saturated heterocycles. The third-order valence-corrected chi connectivity index (χ3v) is 5.49. The molecule has 0 saturated carbocycles. The number of carbonyl (C=O) groups is 2. The van der Waals surface area contributed by atoms with Crippen molar-refractivity contribution in [2.75, 3.05) is 7.11 Å². The van der Waals surface area contributed by atoms with Crippen molar-refractivity contribution < 1.29 is 24.2 Å². The van der Waals surface area contributed by atoms with Crippen molar-refractivity contribution in [3.8, 4) is 11.5 Å². The summed E-state index contributed by atoms with van der Waals surface area (Å²) in [5, 5.41) is 15.5. The molecule has 7 nitrogen and oxygen atoms in total. The fourth-order valence-corrected chi connectivity index (χ4v) is 3.62. The number of amides is 1. The summed E-state index contributed by atoms with van der Waals surface area (Å²) in [6.45, 7) is 0. The van der Waals surface area contributed by atoms with E-state index in [1.165, 1.54) is 13.3 Å². The first-order valence-corrected chi connectivity index (χ1v) is 11.1. The van der Waals surface area contributed by atoms with Crippen LogP contribution < -0.4 is 14.9 Å². The average Bonchev–Trinajstić information content (AvgIpc) is 2.94. The van der Waals surface area contributed by atoms with Gasteiger partial charge in [-0.15, -0.1) is 0 Å². The van der Waals surface area contributed by atoms with Crippen LogP contribution in [0.15, 0.2) is 114 Å². The molecule has 0 radical (unpaired) electrons. The zero-order chi connectivity index (χ0) is 25.4. The lowest BCUT2D eigenvalue weighted by atomic mass is 9.85. The lowest BCUT2D eigenvalue weighted by Crippen LogP contribution is -2.43. The lowest BCUT2D eigenvalue weighted by Gasteiger charge is -2.27. The first-order valence-electron chi connectivity index (χ1n) is 11.1. The van der Waals surface area contributed by atoms with Crippen LogP contribution >= 0.6 is 0 Å². The fraction of sp³-hybridized carbons (Fsp3) is 0.0690. The third kappa shape index (κ3) is 5.32. The topological polar surface area (TPSA) is 97.2 Å². The first-order chi connectivity index (χ1) is 17.5. The van der Waals surface area contributed by atoms with Gasteiger partial charge in [-0.05, 0) is 47.0 Å². The van der Waals surface area contributed by atoms with Gasteiger partial charge in [-0.1, -0.05) is 78.9 Å². The summed E-state index contributed by atoms with van der Waals surface area (Å²) >= 11 is 0. The molecule has 4 aromatic carbocycles. The number of nitrogens with zero attached hydrogens (tertiary/aromatic N) is 1. The summed E-state index contributed by atoms with van der Waals surface area (Å²) in [5.41, 5.74) is 2.31. The normalized spacial score (nSPS) is 11.2. The molecule has 36 heavy (non-hydrogen) atoms. The molecule has 0 heterocycles. The van der Waals surface area contributed by atoms with Crippen molar-refractivity contribution in [3.05, 3.63) is 131 Å². The van der Waals surface area contributed by atoms with Crippen LogP contribution in [0.25, 0.3) is 0 Å². The van der Waals surface area contributed by atoms with Gasteiger partial charge in [-0.2, -0.15) is 5.10 Å². The number of nitrogens with one attached hydrogen (secondary N) is 1. The summed E-state index contributed by atoms with van der Waals surface area (Å²) in [6, 6.07) is 30.8. The minimum Gasteiger partial charge on any atom is -0.493 e. The molecule has 0 aliphatic rings. The van der Waals surface area contributed by atoms with Gasteiger partial charge in [0.05, 0.1) is 18.9 Å². The van der Waals surface area contributed by atoms with E-state index in [4.69, 9.17) is 9.47 Å². The highest BCUT2D eigenvalue weighted by Gasteiger charge is 2.39. The van der Waals surface area contributed by atoms with Gasteiger partial charge in [0.25, 0.3) is 5.91 Å². The maximum atomic E-state index is 13.1. The van der Waals surface area contributed by atoms with Crippen LogP contribution in [0.2, 0.25) is 0 Å². The first kappa shape index (κ1) is 24.4. The molecule has 0 bridgehead atoms. The fourth-order valence-electron chi connectivity index (χ4n) is 3.62. The molecule has 4 rings (SSSR count). The van der Waals surface area contributed by atoms with E-state index < -0.39 is 17.5 Å². The van der Waals surface area contributed by atoms with Gasteiger partial charge in [-0.25, -0.2) is 10.2 Å². The standard InChI is InChI=1S/C29H24N2O5/c1-35-26-19-21(17-18-25(26)36-27(32)22-11-5-2-6-12-22)20-30-31-28(33)29(34,23-13-7-3-8-14-23)24-15-9-4-10-16-24/h2-20,34H,1H3,(H,31,33)/b30-20-. The Morgan fingerprint density at radius 2 is 1.36 bits per heavy atom. The summed E-state index contributed by atoms with van der Waals surface area (Å²) in [6.07, 6.45) is 1.40. The second-order valence-electron chi connectivity index (χ2n) is 7.81. The second-order valence-corrected chi connectivity index (χ2v) is 7.81. The second kappa shape index (κ2) is 11.1. The van der Waals surface area contributed by atoms with Crippen LogP contribution in [0, 0.1) is 0 Å². The average molecular weight is 481 g/mol. The van der Waals surface area contributed by atoms with Gasteiger partial charge < -0.3 is 14.6 Å². The predicted octanol–water partition coefficient (Wildman–Crippen LogP) is 4.30. The highest BCUT2D eigenvalue weighted by molar-refractivity contribution is 5.92. The van der Waals surface area contributed by atoms with Gasteiger partial charge in [0.2, 0.25) is 0 Å². The van der Waals surface area contributed by atoms with Crippen molar-refractivity contribution in [1.82, 2.24) is 5.43 Å². The Morgan fingerprint density at radius 1 is 0.806 bits per heavy atom. The Morgan fingerprint density at radius 3 is 1.92 bits per heavy atom. The highest BCUT2D eigenvalue weighted by Crippen LogP contribution is 2.30. The number of esters is 1. The number of carbonyl (C=O) groups excluding carboxylic acids is 2. The van der Waals surface area contributed by atoms with E-state index in [2.05, 4.69) is 10.5 Å². The number of benzene rings is 4. The largest absolute Gasteiger partial charge is 0.493 e. The molecule has 7 heteroatoms. The third-order valence-electron chi connectivity index (χ3n) is 5.49. The number of hydrazone groups is 1. The van der Waals surface area contributed by atoms with Crippen molar-refractivity contribution >= 4 is 18.1 Å². The summed E-state index contributed by atoms with van der Waals surface area (Å²) in [5.74, 6) is -0.657. The van der Waals surface area contributed by atoms with Crippen molar-refractivity contribution in [2.24, 2.45) is 5.10 Å². The van der Waals surface area contributed by atoms with Crippen molar-refractivity contribution in [2.45, 2.75) is 5.60 Å². The van der Waals surface area contributed by atoms with E-state index in [9.17, 15) is 14.7 Å². The molecule has 0 aliphatic heterocycles. The van der Waals surface area contributed by atoms with Crippen LogP contribution in [0.1, 0.15) is 27.0 Å². The molecule has 0 atom stereocenters. The van der Waals surface area contributed by atoms with E-state index in [0.717, 1.165) is 0 Å². The van der Waals surface area contributed by atoms with Crippen LogP contribution in [-0.2, 0) is 10.4 Å². The van der Waals surface area contributed by atoms with Gasteiger partial charge in [0.1, 0.15) is 0 Å². The Balaban J connectivity index is 1.51.